The lowest BCUT2D eigenvalue weighted by Gasteiger charge is -2.16. The van der Waals surface area contributed by atoms with Crippen molar-refractivity contribution >= 4 is 22.2 Å². The molecule has 0 aliphatic heterocycles. The fourth-order valence-electron chi connectivity index (χ4n) is 1.78. The van der Waals surface area contributed by atoms with E-state index in [0.717, 1.165) is 29.6 Å². The van der Waals surface area contributed by atoms with Crippen LogP contribution >= 0.6 is 11.3 Å². The monoisotopic (exact) mass is 279 g/mol. The molecule has 0 saturated carbocycles. The van der Waals surface area contributed by atoms with E-state index < -0.39 is 0 Å². The number of aromatic nitrogens is 1. The standard InChI is InChI=1S/C14H18FN3S/c1-3-18(4-2)14-17-13(10-19-14)9-16-12-7-5-11(15)6-8-12/h5-8,10,16H,3-4,9H2,1-2H3. The maximum atomic E-state index is 12.8. The minimum absolute atomic E-state index is 0.219. The third kappa shape index (κ3) is 3.67. The molecule has 0 fully saturated rings. The molecule has 1 heterocycles. The number of halogens is 1. The van der Waals surface area contributed by atoms with Crippen molar-refractivity contribution < 1.29 is 4.39 Å². The Balaban J connectivity index is 1.95. The van der Waals surface area contributed by atoms with Gasteiger partial charge in [-0.15, -0.1) is 11.3 Å². The average molecular weight is 279 g/mol. The van der Waals surface area contributed by atoms with Crippen molar-refractivity contribution in [3.05, 3.63) is 41.2 Å². The molecule has 0 atom stereocenters. The van der Waals surface area contributed by atoms with Crippen LogP contribution < -0.4 is 10.2 Å². The molecular weight excluding hydrogens is 261 g/mol. The molecule has 0 aliphatic carbocycles. The Morgan fingerprint density at radius 2 is 1.89 bits per heavy atom. The van der Waals surface area contributed by atoms with Gasteiger partial charge in [-0.3, -0.25) is 0 Å². The van der Waals surface area contributed by atoms with Gasteiger partial charge in [-0.2, -0.15) is 0 Å². The Morgan fingerprint density at radius 1 is 1.21 bits per heavy atom. The molecule has 2 rings (SSSR count). The zero-order valence-electron chi connectivity index (χ0n) is 11.2. The Bertz CT molecular complexity index is 506. The van der Waals surface area contributed by atoms with E-state index in [2.05, 4.69) is 34.4 Å². The van der Waals surface area contributed by atoms with Crippen molar-refractivity contribution in [3.63, 3.8) is 0 Å². The van der Waals surface area contributed by atoms with Crippen molar-refractivity contribution in [1.29, 1.82) is 0 Å². The Kier molecular flexibility index (Phi) is 4.74. The molecule has 102 valence electrons. The van der Waals surface area contributed by atoms with E-state index in [1.54, 1.807) is 23.5 Å². The molecule has 2 aromatic rings. The minimum atomic E-state index is -0.219. The van der Waals surface area contributed by atoms with E-state index >= 15 is 0 Å². The van der Waals surface area contributed by atoms with Crippen molar-refractivity contribution in [2.75, 3.05) is 23.3 Å². The third-order valence-electron chi connectivity index (χ3n) is 2.89. The van der Waals surface area contributed by atoms with E-state index in [1.807, 2.05) is 0 Å². The smallest absolute Gasteiger partial charge is 0.185 e. The van der Waals surface area contributed by atoms with Crippen LogP contribution in [-0.4, -0.2) is 18.1 Å². The Hall–Kier alpha value is -1.62. The van der Waals surface area contributed by atoms with Gasteiger partial charge in [-0.25, -0.2) is 9.37 Å². The molecule has 1 N–H and O–H groups in total. The number of nitrogens with zero attached hydrogens (tertiary/aromatic N) is 2. The summed E-state index contributed by atoms with van der Waals surface area (Å²) in [5.41, 5.74) is 1.91. The highest BCUT2D eigenvalue weighted by molar-refractivity contribution is 7.13. The zero-order chi connectivity index (χ0) is 13.7. The van der Waals surface area contributed by atoms with Gasteiger partial charge in [0.05, 0.1) is 12.2 Å². The van der Waals surface area contributed by atoms with Gasteiger partial charge in [0.2, 0.25) is 0 Å². The van der Waals surface area contributed by atoms with E-state index in [4.69, 9.17) is 0 Å². The first kappa shape index (κ1) is 13.8. The quantitative estimate of drug-likeness (QED) is 0.873. The molecule has 1 aromatic carbocycles. The Labute approximate surface area is 117 Å². The van der Waals surface area contributed by atoms with Gasteiger partial charge in [0.25, 0.3) is 0 Å². The third-order valence-corrected chi connectivity index (χ3v) is 3.84. The number of thiazole rings is 1. The molecule has 0 unspecified atom stereocenters. The largest absolute Gasteiger partial charge is 0.379 e. The lowest BCUT2D eigenvalue weighted by molar-refractivity contribution is 0.628. The van der Waals surface area contributed by atoms with Crippen LogP contribution in [-0.2, 0) is 6.54 Å². The highest BCUT2D eigenvalue weighted by Gasteiger charge is 2.07. The predicted molar refractivity (Wildman–Crippen MR) is 79.4 cm³/mol. The normalized spacial score (nSPS) is 10.5. The topological polar surface area (TPSA) is 28.2 Å². The van der Waals surface area contributed by atoms with Crippen LogP contribution in [0.25, 0.3) is 0 Å². The lowest BCUT2D eigenvalue weighted by atomic mass is 10.3. The highest BCUT2D eigenvalue weighted by atomic mass is 32.1. The van der Waals surface area contributed by atoms with Gasteiger partial charge in [-0.05, 0) is 38.1 Å². The number of benzene rings is 1. The zero-order valence-corrected chi connectivity index (χ0v) is 12.0. The number of anilines is 2. The summed E-state index contributed by atoms with van der Waals surface area (Å²) in [7, 11) is 0. The second kappa shape index (κ2) is 6.52. The molecule has 3 nitrogen and oxygen atoms in total. The van der Waals surface area contributed by atoms with Crippen LogP contribution in [0.3, 0.4) is 0 Å². The summed E-state index contributed by atoms with van der Waals surface area (Å²) in [5, 5.41) is 6.35. The number of hydrogen-bond donors (Lipinski definition) is 1. The fourth-order valence-corrected chi connectivity index (χ4v) is 2.73. The van der Waals surface area contributed by atoms with Crippen LogP contribution in [0.4, 0.5) is 15.2 Å². The number of rotatable bonds is 6. The molecular formula is C14H18FN3S. The molecule has 0 saturated heterocycles. The first-order valence-electron chi connectivity index (χ1n) is 6.41. The average Bonchev–Trinajstić information content (AvgIpc) is 2.88. The Morgan fingerprint density at radius 3 is 2.53 bits per heavy atom. The SMILES string of the molecule is CCN(CC)c1nc(CNc2ccc(F)cc2)cs1. The summed E-state index contributed by atoms with van der Waals surface area (Å²) >= 11 is 1.66. The first-order chi connectivity index (χ1) is 9.22. The highest BCUT2D eigenvalue weighted by Crippen LogP contribution is 2.20. The number of nitrogens with one attached hydrogen (secondary N) is 1. The van der Waals surface area contributed by atoms with Crippen LogP contribution in [0, 0.1) is 5.82 Å². The molecule has 0 radical (unpaired) electrons. The molecule has 0 spiro atoms. The molecule has 0 aliphatic rings. The van der Waals surface area contributed by atoms with E-state index in [9.17, 15) is 4.39 Å². The van der Waals surface area contributed by atoms with Crippen molar-refractivity contribution in [3.8, 4) is 0 Å². The van der Waals surface area contributed by atoms with E-state index in [0.29, 0.717) is 6.54 Å². The van der Waals surface area contributed by atoms with E-state index in [-0.39, 0.29) is 5.82 Å². The first-order valence-corrected chi connectivity index (χ1v) is 7.29. The van der Waals surface area contributed by atoms with Gasteiger partial charge in [0.1, 0.15) is 5.82 Å². The summed E-state index contributed by atoms with van der Waals surface area (Å²) < 4.78 is 12.8. The summed E-state index contributed by atoms with van der Waals surface area (Å²) in [4.78, 5) is 6.82. The van der Waals surface area contributed by atoms with Gasteiger partial charge in [0.15, 0.2) is 5.13 Å². The fraction of sp³-hybridized carbons (Fsp3) is 0.357. The van der Waals surface area contributed by atoms with Gasteiger partial charge in [0, 0.05) is 24.2 Å². The molecule has 0 amide bonds. The lowest BCUT2D eigenvalue weighted by Crippen LogP contribution is -2.21. The maximum Gasteiger partial charge on any atom is 0.185 e. The summed E-state index contributed by atoms with van der Waals surface area (Å²) in [6, 6.07) is 6.36. The van der Waals surface area contributed by atoms with Crippen molar-refractivity contribution in [2.24, 2.45) is 0 Å². The summed E-state index contributed by atoms with van der Waals surface area (Å²) in [6.45, 7) is 6.84. The molecule has 1 aromatic heterocycles. The van der Waals surface area contributed by atoms with Crippen molar-refractivity contribution in [1.82, 2.24) is 4.98 Å². The minimum Gasteiger partial charge on any atom is -0.379 e. The number of hydrogen-bond acceptors (Lipinski definition) is 4. The molecule has 5 heteroatoms. The van der Waals surface area contributed by atoms with Crippen LogP contribution in [0.15, 0.2) is 29.6 Å². The van der Waals surface area contributed by atoms with E-state index in [1.165, 1.54) is 12.1 Å². The summed E-state index contributed by atoms with van der Waals surface area (Å²) in [5.74, 6) is -0.219. The maximum absolute atomic E-state index is 12.8. The van der Waals surface area contributed by atoms with Crippen LogP contribution in [0.2, 0.25) is 0 Å². The van der Waals surface area contributed by atoms with Crippen LogP contribution in [0.5, 0.6) is 0 Å². The predicted octanol–water partition coefficient (Wildman–Crippen LogP) is 3.74. The van der Waals surface area contributed by atoms with Gasteiger partial charge < -0.3 is 10.2 Å². The summed E-state index contributed by atoms with van der Waals surface area (Å²) in [6.07, 6.45) is 0. The van der Waals surface area contributed by atoms with Gasteiger partial charge >= 0.3 is 0 Å². The second-order valence-corrected chi connectivity index (χ2v) is 4.99. The van der Waals surface area contributed by atoms with Crippen molar-refractivity contribution in [2.45, 2.75) is 20.4 Å². The molecule has 0 bridgehead atoms. The molecule has 19 heavy (non-hydrogen) atoms. The second-order valence-electron chi connectivity index (χ2n) is 4.15. The van der Waals surface area contributed by atoms with Crippen LogP contribution in [0.1, 0.15) is 19.5 Å². The van der Waals surface area contributed by atoms with Gasteiger partial charge in [-0.1, -0.05) is 0 Å².